The van der Waals surface area contributed by atoms with Crippen LogP contribution in [-0.2, 0) is 14.4 Å². The van der Waals surface area contributed by atoms with Crippen LogP contribution >= 0.6 is 0 Å². The van der Waals surface area contributed by atoms with Crippen LogP contribution in [0.15, 0.2) is 0 Å². The van der Waals surface area contributed by atoms with Crippen LogP contribution in [0.4, 0.5) is 0 Å². The Balaban J connectivity index is 0.000000202. The Morgan fingerprint density at radius 2 is 1.59 bits per heavy atom. The molecule has 9 nitrogen and oxygen atoms in total. The van der Waals surface area contributed by atoms with Crippen LogP contribution in [0.25, 0.3) is 0 Å². The first kappa shape index (κ1) is 23.3. The lowest BCUT2D eigenvalue weighted by Crippen LogP contribution is -2.44. The molecule has 2 saturated heterocycles. The van der Waals surface area contributed by atoms with Gasteiger partial charge in [0.2, 0.25) is 0 Å². The van der Waals surface area contributed by atoms with Gasteiger partial charge in [0.25, 0.3) is 0 Å². The number of rotatable bonds is 3. The predicted molar refractivity (Wildman–Crippen MR) is 99.6 cm³/mol. The van der Waals surface area contributed by atoms with Crippen molar-refractivity contribution in [1.29, 1.82) is 0 Å². The van der Waals surface area contributed by atoms with Crippen LogP contribution in [0.2, 0.25) is 0 Å². The van der Waals surface area contributed by atoms with Gasteiger partial charge < -0.3 is 26.4 Å². The number of carbonyl (C=O) groups is 3. The summed E-state index contributed by atoms with van der Waals surface area (Å²) < 4.78 is 0. The third-order valence-corrected chi connectivity index (χ3v) is 5.34. The van der Waals surface area contributed by atoms with Gasteiger partial charge in [-0.05, 0) is 58.7 Å². The first-order valence-electron chi connectivity index (χ1n) is 9.59. The van der Waals surface area contributed by atoms with Crippen LogP contribution in [0.3, 0.4) is 0 Å². The van der Waals surface area contributed by atoms with E-state index in [9.17, 15) is 14.4 Å². The maximum atomic E-state index is 10.4. The van der Waals surface area contributed by atoms with E-state index in [0.717, 1.165) is 58.0 Å². The zero-order valence-electron chi connectivity index (χ0n) is 16.0. The molecule has 0 amide bonds. The quantitative estimate of drug-likeness (QED) is 0.471. The Kier molecular flexibility index (Phi) is 9.68. The zero-order chi connectivity index (χ0) is 20.4. The highest BCUT2D eigenvalue weighted by Crippen LogP contribution is 2.26. The van der Waals surface area contributed by atoms with Crippen LogP contribution in [0.1, 0.15) is 57.8 Å². The minimum atomic E-state index is -0.889. The van der Waals surface area contributed by atoms with Crippen molar-refractivity contribution in [2.24, 2.45) is 5.73 Å². The maximum Gasteiger partial charge on any atom is 0.323 e. The Hall–Kier alpha value is -1.71. The van der Waals surface area contributed by atoms with Gasteiger partial charge in [0, 0.05) is 0 Å². The number of likely N-dealkylation sites (N-methyl/N-ethyl adjacent to an activating group) is 1. The molecule has 6 N–H and O–H groups in total. The zero-order valence-corrected chi connectivity index (χ0v) is 16.0. The summed E-state index contributed by atoms with van der Waals surface area (Å²) in [6, 6.07) is -0.497. The Morgan fingerprint density at radius 1 is 0.963 bits per heavy atom. The Morgan fingerprint density at radius 3 is 1.85 bits per heavy atom. The predicted octanol–water partition coefficient (Wildman–Crippen LogP) is 0.721. The van der Waals surface area contributed by atoms with E-state index in [1.807, 2.05) is 11.9 Å². The number of nitrogens with one attached hydrogen (secondary N) is 1. The van der Waals surface area contributed by atoms with Gasteiger partial charge in [0.15, 0.2) is 0 Å². The highest BCUT2D eigenvalue weighted by Gasteiger charge is 2.36. The molecule has 3 aliphatic rings. The van der Waals surface area contributed by atoms with Crippen molar-refractivity contribution in [2.75, 3.05) is 20.1 Å². The summed E-state index contributed by atoms with van der Waals surface area (Å²) in [5.74, 6) is -2.25. The van der Waals surface area contributed by atoms with Gasteiger partial charge in [0.1, 0.15) is 17.6 Å². The van der Waals surface area contributed by atoms with E-state index in [-0.39, 0.29) is 12.1 Å². The molecule has 156 valence electrons. The van der Waals surface area contributed by atoms with Crippen molar-refractivity contribution in [3.63, 3.8) is 0 Å². The lowest BCUT2D eigenvalue weighted by atomic mass is 10.0. The minimum Gasteiger partial charge on any atom is -0.480 e. The molecule has 0 aromatic heterocycles. The molecule has 9 heteroatoms. The summed E-state index contributed by atoms with van der Waals surface area (Å²) in [6.45, 7) is 1.79. The number of carboxylic acid groups (broad SMARTS) is 3. The molecule has 2 unspecified atom stereocenters. The van der Waals surface area contributed by atoms with E-state index in [2.05, 4.69) is 5.32 Å². The fraction of sp³-hybridized carbons (Fsp3) is 0.833. The van der Waals surface area contributed by atoms with Crippen LogP contribution in [0.5, 0.6) is 0 Å². The number of likely N-dealkylation sites (tertiary alicyclic amines) is 1. The molecule has 0 aromatic rings. The van der Waals surface area contributed by atoms with Gasteiger partial charge in [-0.2, -0.15) is 0 Å². The molecule has 0 spiro atoms. The van der Waals surface area contributed by atoms with E-state index in [1.54, 1.807) is 0 Å². The first-order valence-corrected chi connectivity index (χ1v) is 9.59. The molecule has 0 aromatic carbocycles. The highest BCUT2D eigenvalue weighted by atomic mass is 16.4. The van der Waals surface area contributed by atoms with E-state index < -0.39 is 23.4 Å². The van der Waals surface area contributed by atoms with Crippen molar-refractivity contribution in [1.82, 2.24) is 10.2 Å². The molecule has 1 aliphatic carbocycles. The number of aliphatic carboxylic acids is 3. The van der Waals surface area contributed by atoms with Gasteiger partial charge in [-0.3, -0.25) is 19.3 Å². The first-order chi connectivity index (χ1) is 12.7. The average Bonchev–Trinajstić information content (AvgIpc) is 3.26. The number of hydrogen-bond donors (Lipinski definition) is 5. The number of nitrogens with two attached hydrogens (primary N) is 1. The molecule has 1 saturated carbocycles. The molecular formula is C18H33N3O6. The Labute approximate surface area is 159 Å². The van der Waals surface area contributed by atoms with Crippen LogP contribution in [0, 0.1) is 0 Å². The smallest absolute Gasteiger partial charge is 0.323 e. The maximum absolute atomic E-state index is 10.4. The van der Waals surface area contributed by atoms with Crippen molar-refractivity contribution in [3.05, 3.63) is 0 Å². The molecule has 0 bridgehead atoms. The highest BCUT2D eigenvalue weighted by molar-refractivity contribution is 5.78. The second kappa shape index (κ2) is 11.2. The van der Waals surface area contributed by atoms with Gasteiger partial charge >= 0.3 is 17.9 Å². The van der Waals surface area contributed by atoms with Gasteiger partial charge in [-0.15, -0.1) is 0 Å². The summed E-state index contributed by atoms with van der Waals surface area (Å²) in [5, 5.41) is 28.5. The molecule has 2 heterocycles. The summed E-state index contributed by atoms with van der Waals surface area (Å²) in [7, 11) is 1.85. The van der Waals surface area contributed by atoms with E-state index in [1.165, 1.54) is 0 Å². The number of hydrogen-bond acceptors (Lipinski definition) is 6. The van der Waals surface area contributed by atoms with Gasteiger partial charge in [-0.25, -0.2) is 0 Å². The molecule has 2 aliphatic heterocycles. The fourth-order valence-corrected chi connectivity index (χ4v) is 3.50. The number of carboxylic acids is 3. The standard InChI is InChI=1S/3C6H11NO2/c1-7-4-2-3-5(7)6(8)9;7-6(5(8)9)3-1-2-4-6;8-6(9)5-3-1-2-4-7-5/h5H,2-4H2,1H3,(H,8,9);1-4,7H2,(H,8,9);5,7H,1-4H2,(H,8,9). The monoisotopic (exact) mass is 387 g/mol. The lowest BCUT2D eigenvalue weighted by molar-refractivity contribution is -0.143. The largest absolute Gasteiger partial charge is 0.480 e. The molecule has 3 rings (SSSR count). The SMILES string of the molecule is CN1CCCC1C(=O)O.NC1(C(=O)O)CCCC1.O=C(O)C1CCCCN1. The normalized spacial score (nSPS) is 26.9. The number of piperidine rings is 1. The van der Waals surface area contributed by atoms with Gasteiger partial charge in [0.05, 0.1) is 0 Å². The van der Waals surface area contributed by atoms with Crippen LogP contribution < -0.4 is 11.1 Å². The second-order valence-electron chi connectivity index (χ2n) is 7.49. The third-order valence-electron chi connectivity index (χ3n) is 5.34. The summed E-state index contributed by atoms with van der Waals surface area (Å²) in [6.07, 6.45) is 7.98. The molecular weight excluding hydrogens is 354 g/mol. The van der Waals surface area contributed by atoms with Crippen molar-refractivity contribution >= 4 is 17.9 Å². The summed E-state index contributed by atoms with van der Waals surface area (Å²) in [4.78, 5) is 32.9. The fourth-order valence-electron chi connectivity index (χ4n) is 3.50. The Bertz CT molecular complexity index is 501. The van der Waals surface area contributed by atoms with Gasteiger partial charge in [-0.1, -0.05) is 19.3 Å². The molecule has 0 radical (unpaired) electrons. The van der Waals surface area contributed by atoms with Crippen molar-refractivity contribution in [3.8, 4) is 0 Å². The van der Waals surface area contributed by atoms with E-state index in [0.29, 0.717) is 12.8 Å². The molecule has 27 heavy (non-hydrogen) atoms. The minimum absolute atomic E-state index is 0.218. The summed E-state index contributed by atoms with van der Waals surface area (Å²) in [5.41, 5.74) is 4.61. The number of nitrogens with zero attached hydrogens (tertiary/aromatic N) is 1. The topological polar surface area (TPSA) is 153 Å². The second-order valence-corrected chi connectivity index (χ2v) is 7.49. The lowest BCUT2D eigenvalue weighted by Gasteiger charge is -2.18. The molecule has 2 atom stereocenters. The van der Waals surface area contributed by atoms with Crippen LogP contribution in [-0.4, -0.2) is 75.9 Å². The summed E-state index contributed by atoms with van der Waals surface area (Å²) >= 11 is 0. The van der Waals surface area contributed by atoms with Crippen molar-refractivity contribution in [2.45, 2.75) is 75.4 Å². The molecule has 3 fully saturated rings. The van der Waals surface area contributed by atoms with E-state index in [4.69, 9.17) is 21.1 Å². The third kappa shape index (κ3) is 7.82. The van der Waals surface area contributed by atoms with Crippen molar-refractivity contribution < 1.29 is 29.7 Å². The average molecular weight is 387 g/mol. The van der Waals surface area contributed by atoms with E-state index >= 15 is 0 Å².